The third-order valence-electron chi connectivity index (χ3n) is 4.53. The number of hydrogen-bond donors (Lipinski definition) is 2. The van der Waals surface area contributed by atoms with E-state index in [0.717, 1.165) is 15.8 Å². The van der Waals surface area contributed by atoms with Gasteiger partial charge in [-0.3, -0.25) is 9.69 Å². The SMILES string of the molecule is COc1ccc(Br)cc1CN(C)C(C)C(=O)Nc1ccc(S(=O)(=O)NC(C)C)cc1. The number of rotatable bonds is 9. The molecule has 0 saturated heterocycles. The number of ether oxygens (including phenoxy) is 1. The molecule has 164 valence electrons. The molecule has 0 saturated carbocycles. The summed E-state index contributed by atoms with van der Waals surface area (Å²) in [5.74, 6) is 0.562. The summed E-state index contributed by atoms with van der Waals surface area (Å²) in [5, 5.41) is 2.83. The minimum atomic E-state index is -3.57. The van der Waals surface area contributed by atoms with Crippen molar-refractivity contribution in [2.24, 2.45) is 0 Å². The highest BCUT2D eigenvalue weighted by Crippen LogP contribution is 2.24. The molecule has 0 aliphatic rings. The minimum absolute atomic E-state index is 0.154. The molecule has 7 nitrogen and oxygen atoms in total. The lowest BCUT2D eigenvalue weighted by atomic mass is 10.1. The summed E-state index contributed by atoms with van der Waals surface area (Å²) in [4.78, 5) is 14.7. The normalized spacial score (nSPS) is 12.8. The number of methoxy groups -OCH3 is 1. The number of hydrogen-bond acceptors (Lipinski definition) is 5. The summed E-state index contributed by atoms with van der Waals surface area (Å²) in [6.45, 7) is 5.85. The molecule has 2 aromatic carbocycles. The van der Waals surface area contributed by atoms with Gasteiger partial charge in [-0.05, 0) is 70.3 Å². The molecule has 0 spiro atoms. The van der Waals surface area contributed by atoms with Crippen molar-refractivity contribution in [1.82, 2.24) is 9.62 Å². The van der Waals surface area contributed by atoms with E-state index >= 15 is 0 Å². The summed E-state index contributed by atoms with van der Waals surface area (Å²) >= 11 is 3.46. The molecule has 0 aliphatic heterocycles. The summed E-state index contributed by atoms with van der Waals surface area (Å²) in [6, 6.07) is 11.2. The Morgan fingerprint density at radius 1 is 1.13 bits per heavy atom. The lowest BCUT2D eigenvalue weighted by Gasteiger charge is -2.25. The third kappa shape index (κ3) is 6.53. The summed E-state index contributed by atoms with van der Waals surface area (Å²) < 4.78 is 33.3. The number of carbonyl (C=O) groups excluding carboxylic acids is 1. The molecule has 0 heterocycles. The zero-order valence-electron chi connectivity index (χ0n) is 17.8. The molecule has 0 fully saturated rings. The highest BCUT2D eigenvalue weighted by atomic mass is 79.9. The number of benzene rings is 2. The fraction of sp³-hybridized carbons (Fsp3) is 0.381. The van der Waals surface area contributed by atoms with Crippen LogP contribution in [0.15, 0.2) is 51.8 Å². The van der Waals surface area contributed by atoms with Crippen LogP contribution in [0.25, 0.3) is 0 Å². The predicted octanol–water partition coefficient (Wildman–Crippen LogP) is 3.60. The van der Waals surface area contributed by atoms with Crippen molar-refractivity contribution in [3.05, 3.63) is 52.5 Å². The van der Waals surface area contributed by atoms with Crippen LogP contribution in [0.5, 0.6) is 5.75 Å². The van der Waals surface area contributed by atoms with E-state index < -0.39 is 16.1 Å². The Hall–Kier alpha value is -1.94. The number of sulfonamides is 1. The van der Waals surface area contributed by atoms with Crippen molar-refractivity contribution in [1.29, 1.82) is 0 Å². The topological polar surface area (TPSA) is 87.7 Å². The molecule has 0 aromatic heterocycles. The third-order valence-corrected chi connectivity index (χ3v) is 6.69. The van der Waals surface area contributed by atoms with Crippen LogP contribution in [0.4, 0.5) is 5.69 Å². The Kier molecular flexibility index (Phi) is 8.42. The van der Waals surface area contributed by atoms with E-state index in [9.17, 15) is 13.2 Å². The van der Waals surface area contributed by atoms with Gasteiger partial charge in [0.15, 0.2) is 0 Å². The van der Waals surface area contributed by atoms with E-state index in [4.69, 9.17) is 4.74 Å². The first kappa shape index (κ1) is 24.3. The van der Waals surface area contributed by atoms with Gasteiger partial charge in [0.1, 0.15) is 5.75 Å². The number of anilines is 1. The number of nitrogens with zero attached hydrogens (tertiary/aromatic N) is 1. The lowest BCUT2D eigenvalue weighted by Crippen LogP contribution is -2.39. The van der Waals surface area contributed by atoms with Crippen molar-refractivity contribution in [2.75, 3.05) is 19.5 Å². The van der Waals surface area contributed by atoms with E-state index in [0.29, 0.717) is 12.2 Å². The van der Waals surface area contributed by atoms with Gasteiger partial charge in [-0.25, -0.2) is 13.1 Å². The number of carbonyl (C=O) groups is 1. The standard InChI is InChI=1S/C21H28BrN3O4S/c1-14(2)24-30(27,28)19-9-7-18(8-10-19)23-21(26)15(3)25(4)13-16-12-17(22)6-11-20(16)29-5/h6-12,14-15,24H,13H2,1-5H3,(H,23,26). The lowest BCUT2D eigenvalue weighted by molar-refractivity contribution is -0.120. The largest absolute Gasteiger partial charge is 0.496 e. The molecular formula is C21H28BrN3O4S. The number of likely N-dealkylation sites (N-methyl/N-ethyl adjacent to an activating group) is 1. The highest BCUT2D eigenvalue weighted by Gasteiger charge is 2.20. The number of amides is 1. The molecule has 2 rings (SSSR count). The maximum atomic E-state index is 12.7. The van der Waals surface area contributed by atoms with Crippen molar-refractivity contribution in [3.8, 4) is 5.75 Å². The molecule has 0 radical (unpaired) electrons. The van der Waals surface area contributed by atoms with Gasteiger partial charge in [0.25, 0.3) is 0 Å². The molecule has 0 aliphatic carbocycles. The molecule has 1 amide bonds. The van der Waals surface area contributed by atoms with E-state index in [1.54, 1.807) is 33.1 Å². The second kappa shape index (κ2) is 10.4. The average molecular weight is 498 g/mol. The Morgan fingerprint density at radius 2 is 1.77 bits per heavy atom. The van der Waals surface area contributed by atoms with Crippen LogP contribution in [0.2, 0.25) is 0 Å². The Bertz CT molecular complexity index is 978. The molecule has 2 aromatic rings. The van der Waals surface area contributed by atoms with Crippen LogP contribution in [-0.2, 0) is 21.4 Å². The first-order valence-electron chi connectivity index (χ1n) is 9.49. The smallest absolute Gasteiger partial charge is 0.241 e. The van der Waals surface area contributed by atoms with Crippen molar-refractivity contribution < 1.29 is 17.9 Å². The summed E-state index contributed by atoms with van der Waals surface area (Å²) in [7, 11) is -0.0925. The quantitative estimate of drug-likeness (QED) is 0.552. The summed E-state index contributed by atoms with van der Waals surface area (Å²) in [5.41, 5.74) is 1.49. The minimum Gasteiger partial charge on any atom is -0.496 e. The second-order valence-corrected chi connectivity index (χ2v) is 9.97. The zero-order valence-corrected chi connectivity index (χ0v) is 20.2. The van der Waals surface area contributed by atoms with Gasteiger partial charge < -0.3 is 10.1 Å². The maximum absolute atomic E-state index is 12.7. The fourth-order valence-electron chi connectivity index (χ4n) is 2.82. The van der Waals surface area contributed by atoms with Crippen LogP contribution in [0, 0.1) is 0 Å². The monoisotopic (exact) mass is 497 g/mol. The number of halogens is 1. The predicted molar refractivity (Wildman–Crippen MR) is 122 cm³/mol. The van der Waals surface area contributed by atoms with Crippen molar-refractivity contribution in [3.63, 3.8) is 0 Å². The molecule has 2 N–H and O–H groups in total. The maximum Gasteiger partial charge on any atom is 0.241 e. The van der Waals surface area contributed by atoms with Gasteiger partial charge in [0, 0.05) is 28.3 Å². The van der Waals surface area contributed by atoms with E-state index in [1.807, 2.05) is 37.1 Å². The van der Waals surface area contributed by atoms with E-state index in [-0.39, 0.29) is 16.8 Å². The molecule has 1 unspecified atom stereocenters. The zero-order chi connectivity index (χ0) is 22.5. The molecule has 9 heteroatoms. The van der Waals surface area contributed by atoms with Crippen LogP contribution in [0.3, 0.4) is 0 Å². The fourth-order valence-corrected chi connectivity index (χ4v) is 4.48. The van der Waals surface area contributed by atoms with Gasteiger partial charge in [-0.15, -0.1) is 0 Å². The number of nitrogens with one attached hydrogen (secondary N) is 2. The van der Waals surface area contributed by atoms with Crippen LogP contribution in [0.1, 0.15) is 26.3 Å². The van der Waals surface area contributed by atoms with Crippen LogP contribution in [-0.4, -0.2) is 45.5 Å². The van der Waals surface area contributed by atoms with Crippen molar-refractivity contribution >= 4 is 37.5 Å². The molecule has 30 heavy (non-hydrogen) atoms. The highest BCUT2D eigenvalue weighted by molar-refractivity contribution is 9.10. The first-order valence-corrected chi connectivity index (χ1v) is 11.8. The van der Waals surface area contributed by atoms with E-state index in [1.165, 1.54) is 12.1 Å². The molecule has 0 bridgehead atoms. The average Bonchev–Trinajstić information content (AvgIpc) is 2.67. The first-order chi connectivity index (χ1) is 14.0. The van der Waals surface area contributed by atoms with Gasteiger partial charge in [-0.1, -0.05) is 15.9 Å². The van der Waals surface area contributed by atoms with Gasteiger partial charge in [0.05, 0.1) is 18.0 Å². The summed E-state index contributed by atoms with van der Waals surface area (Å²) in [6.07, 6.45) is 0. The van der Waals surface area contributed by atoms with Crippen molar-refractivity contribution in [2.45, 2.75) is 44.3 Å². The van der Waals surface area contributed by atoms with Gasteiger partial charge in [0.2, 0.25) is 15.9 Å². The van der Waals surface area contributed by atoms with Gasteiger partial charge >= 0.3 is 0 Å². The van der Waals surface area contributed by atoms with E-state index in [2.05, 4.69) is 26.0 Å². The Morgan fingerprint density at radius 3 is 2.33 bits per heavy atom. The van der Waals surface area contributed by atoms with Gasteiger partial charge in [-0.2, -0.15) is 0 Å². The second-order valence-electron chi connectivity index (χ2n) is 7.34. The molecular weight excluding hydrogens is 470 g/mol. The van der Waals surface area contributed by atoms with Crippen LogP contribution >= 0.6 is 15.9 Å². The van der Waals surface area contributed by atoms with Crippen LogP contribution < -0.4 is 14.8 Å². The Labute approximate surface area is 187 Å². The molecule has 1 atom stereocenters. The Balaban J connectivity index is 2.04.